The van der Waals surface area contributed by atoms with Gasteiger partial charge >= 0.3 is 7.12 Å². The number of amides is 1. The van der Waals surface area contributed by atoms with Crippen molar-refractivity contribution in [3.05, 3.63) is 59.2 Å². The minimum atomic E-state index is -0.387. The van der Waals surface area contributed by atoms with Crippen molar-refractivity contribution in [3.8, 4) is 5.75 Å². The lowest BCUT2D eigenvalue weighted by Gasteiger charge is -2.32. The first-order valence-corrected chi connectivity index (χ1v) is 9.51. The van der Waals surface area contributed by atoms with Gasteiger partial charge in [0, 0.05) is 6.54 Å². The second-order valence-corrected chi connectivity index (χ2v) is 8.16. The molecule has 1 aliphatic rings. The highest BCUT2D eigenvalue weighted by atomic mass is 16.7. The summed E-state index contributed by atoms with van der Waals surface area (Å²) >= 11 is 0. The molecule has 148 valence electrons. The van der Waals surface area contributed by atoms with Crippen molar-refractivity contribution in [2.24, 2.45) is 0 Å². The number of para-hydroxylation sites is 1. The standard InChI is InChI=1S/C22H28BNO4/c1-15-13-16(14-24-20(25)17-9-7-8-10-19(17)26-6)11-12-18(15)23-27-21(2,3)22(4,5)28-23/h7-13H,14H2,1-6H3,(H,24,25). The number of nitrogens with one attached hydrogen (secondary N) is 1. The minimum Gasteiger partial charge on any atom is -0.496 e. The van der Waals surface area contributed by atoms with E-state index in [0.717, 1.165) is 16.6 Å². The third-order valence-corrected chi connectivity index (χ3v) is 5.65. The highest BCUT2D eigenvalue weighted by molar-refractivity contribution is 6.62. The number of rotatable bonds is 5. The van der Waals surface area contributed by atoms with E-state index < -0.39 is 0 Å². The molecular formula is C22H28BNO4. The fourth-order valence-electron chi connectivity index (χ4n) is 3.19. The van der Waals surface area contributed by atoms with Gasteiger partial charge in [-0.3, -0.25) is 4.79 Å². The molecule has 1 amide bonds. The summed E-state index contributed by atoms with van der Waals surface area (Å²) < 4.78 is 17.5. The van der Waals surface area contributed by atoms with Gasteiger partial charge in [-0.2, -0.15) is 0 Å². The lowest BCUT2D eigenvalue weighted by Crippen LogP contribution is -2.41. The van der Waals surface area contributed by atoms with Crippen LogP contribution >= 0.6 is 0 Å². The Hall–Kier alpha value is -2.31. The predicted octanol–water partition coefficient (Wildman–Crippen LogP) is 3.23. The zero-order chi connectivity index (χ0) is 20.5. The van der Waals surface area contributed by atoms with E-state index in [-0.39, 0.29) is 24.2 Å². The van der Waals surface area contributed by atoms with Crippen LogP contribution in [0.2, 0.25) is 0 Å². The van der Waals surface area contributed by atoms with E-state index in [1.807, 2.05) is 58.9 Å². The van der Waals surface area contributed by atoms with E-state index in [1.54, 1.807) is 19.2 Å². The zero-order valence-corrected chi connectivity index (χ0v) is 17.5. The van der Waals surface area contributed by atoms with Crippen molar-refractivity contribution in [1.29, 1.82) is 0 Å². The maximum atomic E-state index is 12.5. The van der Waals surface area contributed by atoms with Crippen LogP contribution in [0.25, 0.3) is 0 Å². The Morgan fingerprint density at radius 2 is 1.71 bits per heavy atom. The van der Waals surface area contributed by atoms with Gasteiger partial charge in [0.2, 0.25) is 0 Å². The van der Waals surface area contributed by atoms with E-state index in [1.165, 1.54) is 0 Å². The van der Waals surface area contributed by atoms with Gasteiger partial charge in [0.25, 0.3) is 5.91 Å². The maximum Gasteiger partial charge on any atom is 0.495 e. The monoisotopic (exact) mass is 381 g/mol. The van der Waals surface area contributed by atoms with E-state index in [9.17, 15) is 4.79 Å². The Labute approximate surface area is 167 Å². The molecule has 2 aromatic carbocycles. The average Bonchev–Trinajstić information content (AvgIpc) is 2.86. The fourth-order valence-corrected chi connectivity index (χ4v) is 3.19. The third-order valence-electron chi connectivity index (χ3n) is 5.65. The van der Waals surface area contributed by atoms with Crippen molar-refractivity contribution in [3.63, 3.8) is 0 Å². The molecule has 0 atom stereocenters. The lowest BCUT2D eigenvalue weighted by molar-refractivity contribution is 0.00578. The summed E-state index contributed by atoms with van der Waals surface area (Å²) in [7, 11) is 1.17. The van der Waals surface area contributed by atoms with Gasteiger partial charge in [-0.1, -0.05) is 35.9 Å². The quantitative estimate of drug-likeness (QED) is 0.808. The van der Waals surface area contributed by atoms with Crippen LogP contribution in [0.15, 0.2) is 42.5 Å². The summed E-state index contributed by atoms with van der Waals surface area (Å²) in [6.07, 6.45) is 0. The van der Waals surface area contributed by atoms with Crippen molar-refractivity contribution < 1.29 is 18.8 Å². The van der Waals surface area contributed by atoms with Crippen LogP contribution in [0.5, 0.6) is 5.75 Å². The van der Waals surface area contributed by atoms with Crippen molar-refractivity contribution in [1.82, 2.24) is 5.32 Å². The first kappa shape index (κ1) is 20.4. The molecule has 1 heterocycles. The molecule has 28 heavy (non-hydrogen) atoms. The molecule has 0 aliphatic carbocycles. The Morgan fingerprint density at radius 1 is 1.07 bits per heavy atom. The predicted molar refractivity (Wildman–Crippen MR) is 111 cm³/mol. The molecule has 0 radical (unpaired) electrons. The molecule has 1 saturated heterocycles. The molecule has 1 N–H and O–H groups in total. The normalized spacial score (nSPS) is 17.4. The van der Waals surface area contributed by atoms with Crippen LogP contribution in [0, 0.1) is 6.92 Å². The molecule has 1 fully saturated rings. The summed E-state index contributed by atoms with van der Waals surface area (Å²) in [4.78, 5) is 12.5. The number of hydrogen-bond acceptors (Lipinski definition) is 4. The molecule has 6 heteroatoms. The smallest absolute Gasteiger partial charge is 0.495 e. The Balaban J connectivity index is 1.69. The number of ether oxygens (including phenoxy) is 1. The highest BCUT2D eigenvalue weighted by Crippen LogP contribution is 2.36. The molecule has 1 aliphatic heterocycles. The van der Waals surface area contributed by atoms with Gasteiger partial charge < -0.3 is 19.4 Å². The number of aryl methyl sites for hydroxylation is 1. The fraction of sp³-hybridized carbons (Fsp3) is 0.409. The van der Waals surface area contributed by atoms with Crippen LogP contribution in [-0.4, -0.2) is 31.3 Å². The van der Waals surface area contributed by atoms with E-state index in [4.69, 9.17) is 14.0 Å². The summed E-state index contributed by atoms with van der Waals surface area (Å²) in [5.74, 6) is 0.400. The van der Waals surface area contributed by atoms with Gasteiger partial charge in [-0.05, 0) is 57.8 Å². The van der Waals surface area contributed by atoms with E-state index >= 15 is 0 Å². The second kappa shape index (κ2) is 7.61. The van der Waals surface area contributed by atoms with Gasteiger partial charge in [0.05, 0.1) is 23.9 Å². The Bertz CT molecular complexity index is 863. The summed E-state index contributed by atoms with van der Waals surface area (Å²) in [5, 5.41) is 2.95. The first-order chi connectivity index (χ1) is 13.1. The third kappa shape index (κ3) is 3.93. The number of carbonyl (C=O) groups excluding carboxylic acids is 1. The number of carbonyl (C=O) groups is 1. The molecule has 0 bridgehead atoms. The van der Waals surface area contributed by atoms with Gasteiger partial charge in [-0.25, -0.2) is 0 Å². The second-order valence-electron chi connectivity index (χ2n) is 8.16. The van der Waals surface area contributed by atoms with Crippen molar-refractivity contribution >= 4 is 18.5 Å². The molecular weight excluding hydrogens is 353 g/mol. The minimum absolute atomic E-state index is 0.162. The number of benzene rings is 2. The van der Waals surface area contributed by atoms with Crippen LogP contribution in [0.4, 0.5) is 0 Å². The zero-order valence-electron chi connectivity index (χ0n) is 17.5. The van der Waals surface area contributed by atoms with Crippen LogP contribution in [-0.2, 0) is 15.9 Å². The number of hydrogen-bond donors (Lipinski definition) is 1. The van der Waals surface area contributed by atoms with Crippen LogP contribution in [0.1, 0.15) is 49.2 Å². The summed E-state index contributed by atoms with van der Waals surface area (Å²) in [5.41, 5.74) is 2.88. The van der Waals surface area contributed by atoms with Gasteiger partial charge in [0.15, 0.2) is 0 Å². The molecule has 0 aromatic heterocycles. The van der Waals surface area contributed by atoms with Crippen LogP contribution < -0.4 is 15.5 Å². The van der Waals surface area contributed by atoms with Gasteiger partial charge in [0.1, 0.15) is 5.75 Å². The number of methoxy groups -OCH3 is 1. The molecule has 2 aromatic rings. The SMILES string of the molecule is COc1ccccc1C(=O)NCc1ccc(B2OC(C)(C)C(C)(C)O2)c(C)c1. The Morgan fingerprint density at radius 3 is 2.32 bits per heavy atom. The molecule has 3 rings (SSSR count). The summed E-state index contributed by atoms with van der Waals surface area (Å²) in [6, 6.07) is 13.3. The topological polar surface area (TPSA) is 56.8 Å². The largest absolute Gasteiger partial charge is 0.496 e. The van der Waals surface area contributed by atoms with Crippen LogP contribution in [0.3, 0.4) is 0 Å². The van der Waals surface area contributed by atoms with E-state index in [0.29, 0.717) is 17.9 Å². The highest BCUT2D eigenvalue weighted by Gasteiger charge is 2.52. The average molecular weight is 381 g/mol. The maximum absolute atomic E-state index is 12.5. The first-order valence-electron chi connectivity index (χ1n) is 9.51. The van der Waals surface area contributed by atoms with Crippen molar-refractivity contribution in [2.45, 2.75) is 52.4 Å². The van der Waals surface area contributed by atoms with E-state index in [2.05, 4.69) is 11.4 Å². The lowest BCUT2D eigenvalue weighted by atomic mass is 9.76. The Kier molecular flexibility index (Phi) is 5.55. The van der Waals surface area contributed by atoms with Crippen molar-refractivity contribution in [2.75, 3.05) is 7.11 Å². The van der Waals surface area contributed by atoms with Gasteiger partial charge in [-0.15, -0.1) is 0 Å². The molecule has 5 nitrogen and oxygen atoms in total. The summed E-state index contributed by atoms with van der Waals surface area (Å²) in [6.45, 7) is 10.6. The molecule has 0 unspecified atom stereocenters. The molecule has 0 saturated carbocycles. The molecule has 0 spiro atoms.